The van der Waals surface area contributed by atoms with Gasteiger partial charge in [-0.15, -0.1) is 5.10 Å². The Morgan fingerprint density at radius 3 is 2.81 bits per heavy atom. The van der Waals surface area contributed by atoms with Crippen LogP contribution >= 0.6 is 0 Å². The Morgan fingerprint density at radius 2 is 2.19 bits per heavy atom. The normalized spacial score (nSPS) is 32.9. The molecule has 0 bridgehead atoms. The monoisotopic (exact) mass is 300 g/mol. The maximum absolute atomic E-state index is 10.9. The summed E-state index contributed by atoms with van der Waals surface area (Å²) >= 11 is 0. The van der Waals surface area contributed by atoms with Gasteiger partial charge in [0, 0.05) is 6.92 Å². The quantitative estimate of drug-likeness (QED) is 0.504. The van der Waals surface area contributed by atoms with Crippen LogP contribution in [0.3, 0.4) is 0 Å². The van der Waals surface area contributed by atoms with E-state index in [0.29, 0.717) is 5.69 Å². The highest BCUT2D eigenvalue weighted by atomic mass is 16.5. The number of aliphatic hydroxyl groups is 3. The molecule has 0 unspecified atom stereocenters. The lowest BCUT2D eigenvalue weighted by Gasteiger charge is -2.40. The topological polar surface area (TPSA) is 130 Å². The fourth-order valence-electron chi connectivity index (χ4n) is 2.41. The van der Waals surface area contributed by atoms with E-state index in [0.717, 1.165) is 0 Å². The first-order chi connectivity index (χ1) is 9.93. The molecule has 2 heterocycles. The van der Waals surface area contributed by atoms with Gasteiger partial charge in [-0.25, -0.2) is 4.68 Å². The zero-order valence-electron chi connectivity index (χ0n) is 11.9. The van der Waals surface area contributed by atoms with Crippen LogP contribution < -0.4 is 5.32 Å². The smallest absolute Gasteiger partial charge is 0.217 e. The maximum Gasteiger partial charge on any atom is 0.217 e. The first kappa shape index (κ1) is 15.8. The van der Waals surface area contributed by atoms with Crippen LogP contribution in [0.4, 0.5) is 0 Å². The van der Waals surface area contributed by atoms with Gasteiger partial charge in [-0.2, -0.15) is 0 Å². The molecule has 1 amide bonds. The summed E-state index contributed by atoms with van der Waals surface area (Å²) in [5.74, 6) is -0.180. The van der Waals surface area contributed by atoms with Gasteiger partial charge in [0.1, 0.15) is 30.0 Å². The Labute approximate surface area is 121 Å². The van der Waals surface area contributed by atoms with E-state index in [1.165, 1.54) is 11.6 Å². The summed E-state index contributed by atoms with van der Waals surface area (Å²) in [6.07, 6.45) is -2.06. The van der Waals surface area contributed by atoms with Crippen LogP contribution in [0.2, 0.25) is 0 Å². The van der Waals surface area contributed by atoms with E-state index in [1.807, 2.05) is 0 Å². The average molecular weight is 300 g/mol. The zero-order chi connectivity index (χ0) is 15.6. The number of hydrogen-bond acceptors (Lipinski definition) is 7. The second kappa shape index (κ2) is 6.48. The van der Waals surface area contributed by atoms with E-state index in [1.54, 1.807) is 13.1 Å². The van der Waals surface area contributed by atoms with Crippen molar-refractivity contribution in [3.05, 3.63) is 11.9 Å². The van der Waals surface area contributed by atoms with Crippen LogP contribution in [0.5, 0.6) is 0 Å². The number of carbonyl (C=O) groups excluding carboxylic acids is 1. The summed E-state index contributed by atoms with van der Waals surface area (Å²) in [6.45, 7) is 2.98. The highest BCUT2D eigenvalue weighted by Crippen LogP contribution is 2.29. The first-order valence-corrected chi connectivity index (χ1v) is 6.71. The lowest BCUT2D eigenvalue weighted by molar-refractivity contribution is -0.200. The molecule has 5 atom stereocenters. The van der Waals surface area contributed by atoms with Crippen LogP contribution in [0.15, 0.2) is 6.20 Å². The molecule has 1 aliphatic rings. The molecule has 0 spiro atoms. The Morgan fingerprint density at radius 1 is 1.48 bits per heavy atom. The summed E-state index contributed by atoms with van der Waals surface area (Å²) in [4.78, 5) is 10.9. The number of aliphatic hydroxyl groups excluding tert-OH is 3. The van der Waals surface area contributed by atoms with Gasteiger partial charge in [-0.1, -0.05) is 5.21 Å². The van der Waals surface area contributed by atoms with Gasteiger partial charge in [0.05, 0.1) is 25.5 Å². The zero-order valence-corrected chi connectivity index (χ0v) is 11.9. The third-order valence-electron chi connectivity index (χ3n) is 3.51. The highest BCUT2D eigenvalue weighted by molar-refractivity contribution is 5.72. The number of nitrogens with zero attached hydrogens (tertiary/aromatic N) is 3. The van der Waals surface area contributed by atoms with Crippen molar-refractivity contribution in [3.8, 4) is 0 Å². The summed E-state index contributed by atoms with van der Waals surface area (Å²) in [6, 6.07) is -0.624. The van der Waals surface area contributed by atoms with Crippen molar-refractivity contribution in [2.45, 2.75) is 50.8 Å². The summed E-state index contributed by atoms with van der Waals surface area (Å²) in [5, 5.41) is 39.6. The fourth-order valence-corrected chi connectivity index (χ4v) is 2.41. The van der Waals surface area contributed by atoms with Gasteiger partial charge in [0.2, 0.25) is 5.91 Å². The van der Waals surface area contributed by atoms with Crippen molar-refractivity contribution in [1.82, 2.24) is 20.3 Å². The van der Waals surface area contributed by atoms with Crippen LogP contribution in [-0.4, -0.2) is 67.2 Å². The average Bonchev–Trinajstić information content (AvgIpc) is 2.89. The van der Waals surface area contributed by atoms with Gasteiger partial charge >= 0.3 is 0 Å². The van der Waals surface area contributed by atoms with E-state index in [9.17, 15) is 15.0 Å². The molecule has 0 saturated carbocycles. The van der Waals surface area contributed by atoms with Crippen molar-refractivity contribution in [2.75, 3.05) is 6.61 Å². The minimum absolute atomic E-state index is 0.180. The Hall–Kier alpha value is -1.55. The molecule has 1 aliphatic heterocycles. The molecular weight excluding hydrogens is 280 g/mol. The van der Waals surface area contributed by atoms with Gasteiger partial charge in [-0.05, 0) is 6.92 Å². The fraction of sp³-hybridized carbons (Fsp3) is 0.750. The number of aromatic nitrogens is 3. The van der Waals surface area contributed by atoms with E-state index >= 15 is 0 Å². The van der Waals surface area contributed by atoms with E-state index in [-0.39, 0.29) is 19.1 Å². The Bertz CT molecular complexity index is 494. The van der Waals surface area contributed by atoms with Gasteiger partial charge in [0.25, 0.3) is 0 Å². The van der Waals surface area contributed by atoms with Crippen LogP contribution in [0.1, 0.15) is 25.6 Å². The lowest BCUT2D eigenvalue weighted by atomic mass is 9.94. The van der Waals surface area contributed by atoms with Crippen molar-refractivity contribution in [1.29, 1.82) is 0 Å². The molecule has 0 radical (unpaired) electrons. The van der Waals surface area contributed by atoms with Crippen molar-refractivity contribution in [3.63, 3.8) is 0 Å². The van der Waals surface area contributed by atoms with Crippen LogP contribution in [0.25, 0.3) is 0 Å². The Balaban J connectivity index is 2.11. The second-order valence-corrected chi connectivity index (χ2v) is 5.13. The summed E-state index contributed by atoms with van der Waals surface area (Å²) in [5.41, 5.74) is 0.531. The van der Waals surface area contributed by atoms with Crippen molar-refractivity contribution < 1.29 is 24.9 Å². The number of hydrogen-bond donors (Lipinski definition) is 4. The third-order valence-corrected chi connectivity index (χ3v) is 3.51. The van der Waals surface area contributed by atoms with Crippen LogP contribution in [-0.2, 0) is 16.1 Å². The molecule has 0 aliphatic carbocycles. The summed E-state index contributed by atoms with van der Waals surface area (Å²) < 4.78 is 6.88. The minimum Gasteiger partial charge on any atom is -0.394 e. The first-order valence-electron chi connectivity index (χ1n) is 6.71. The predicted molar refractivity (Wildman–Crippen MR) is 70.0 cm³/mol. The third kappa shape index (κ3) is 3.38. The van der Waals surface area contributed by atoms with Gasteiger partial charge in [-0.3, -0.25) is 4.79 Å². The number of nitrogens with one attached hydrogen (secondary N) is 1. The molecule has 118 valence electrons. The van der Waals surface area contributed by atoms with E-state index in [4.69, 9.17) is 9.84 Å². The van der Waals surface area contributed by atoms with Crippen LogP contribution in [0, 0.1) is 0 Å². The van der Waals surface area contributed by atoms with E-state index < -0.39 is 30.5 Å². The molecule has 4 N–H and O–H groups in total. The second-order valence-electron chi connectivity index (χ2n) is 5.13. The Kier molecular flexibility index (Phi) is 4.88. The predicted octanol–water partition coefficient (Wildman–Crippen LogP) is -2.04. The standard InChI is InChI=1S/C12H20N4O5/c1-6-10(12(20)11(19)9(5-17)21-6)16-4-8(14-15-16)3-13-7(2)18/h4,6,9-12,17,19-20H,3,5H2,1-2H3,(H,13,18)/t6-,9+,10-,11-,12+/m0/s1. The van der Waals surface area contributed by atoms with E-state index in [2.05, 4.69) is 15.6 Å². The SMILES string of the molecule is CC(=O)NCc1cn([C@@H]2[C@@H](O)[C@@H](O)[C@@H](CO)O[C@H]2C)nn1. The molecule has 2 rings (SSSR count). The molecule has 9 nitrogen and oxygen atoms in total. The number of carbonyl (C=O) groups is 1. The largest absolute Gasteiger partial charge is 0.394 e. The molecule has 21 heavy (non-hydrogen) atoms. The molecule has 1 fully saturated rings. The van der Waals surface area contributed by atoms with Gasteiger partial charge < -0.3 is 25.4 Å². The lowest BCUT2D eigenvalue weighted by Crippen LogP contribution is -2.55. The number of amides is 1. The maximum atomic E-state index is 10.9. The number of rotatable bonds is 4. The molecule has 0 aromatic carbocycles. The summed E-state index contributed by atoms with van der Waals surface area (Å²) in [7, 11) is 0. The number of ether oxygens (including phenoxy) is 1. The van der Waals surface area contributed by atoms with Crippen molar-refractivity contribution in [2.24, 2.45) is 0 Å². The molecular formula is C12H20N4O5. The molecule has 1 aromatic rings. The minimum atomic E-state index is -1.21. The van der Waals surface area contributed by atoms with Crippen molar-refractivity contribution >= 4 is 5.91 Å². The molecule has 1 saturated heterocycles. The highest BCUT2D eigenvalue weighted by Gasteiger charge is 2.43. The van der Waals surface area contributed by atoms with Gasteiger partial charge in [0.15, 0.2) is 0 Å². The molecule has 9 heteroatoms. The molecule has 1 aromatic heterocycles.